The summed E-state index contributed by atoms with van der Waals surface area (Å²) in [5, 5.41) is 2.84. The Morgan fingerprint density at radius 1 is 1.38 bits per heavy atom. The molecule has 1 aromatic carbocycles. The van der Waals surface area contributed by atoms with Gasteiger partial charge in [0.15, 0.2) is 0 Å². The third-order valence-electron chi connectivity index (χ3n) is 2.40. The lowest BCUT2D eigenvalue weighted by Crippen LogP contribution is -2.12. The van der Waals surface area contributed by atoms with E-state index in [0.29, 0.717) is 0 Å². The van der Waals surface area contributed by atoms with Crippen LogP contribution in [0.25, 0.3) is 0 Å². The van der Waals surface area contributed by atoms with E-state index in [2.05, 4.69) is 41.0 Å². The summed E-state index contributed by atoms with van der Waals surface area (Å²) in [6.07, 6.45) is 0. The van der Waals surface area contributed by atoms with E-state index in [0.717, 1.165) is 19.7 Å². The van der Waals surface area contributed by atoms with Gasteiger partial charge in [0.05, 0.1) is 6.04 Å². The highest BCUT2D eigenvalue weighted by Gasteiger charge is 2.13. The Labute approximate surface area is 118 Å². The zero-order chi connectivity index (χ0) is 11.7. The van der Waals surface area contributed by atoms with Crippen LogP contribution in [0.15, 0.2) is 29.6 Å². The second-order valence-electron chi connectivity index (χ2n) is 3.63. The molecule has 0 radical (unpaired) electrons. The van der Waals surface area contributed by atoms with Gasteiger partial charge in [-0.25, -0.2) is 0 Å². The van der Waals surface area contributed by atoms with Crippen LogP contribution < -0.4 is 5.73 Å². The number of thiophene rings is 1. The first kappa shape index (κ1) is 12.4. The molecule has 0 aliphatic carbocycles. The summed E-state index contributed by atoms with van der Waals surface area (Å²) in [7, 11) is 0. The Balaban J connectivity index is 2.40. The van der Waals surface area contributed by atoms with E-state index in [1.807, 2.05) is 18.2 Å². The van der Waals surface area contributed by atoms with Crippen molar-refractivity contribution in [2.24, 2.45) is 5.73 Å². The topological polar surface area (TPSA) is 26.0 Å². The second-order valence-corrected chi connectivity index (χ2v) is 6.35. The summed E-state index contributed by atoms with van der Waals surface area (Å²) in [4.78, 5) is 1.28. The van der Waals surface area contributed by atoms with Gasteiger partial charge in [0.2, 0.25) is 0 Å². The molecule has 2 rings (SSSR count). The van der Waals surface area contributed by atoms with Crippen molar-refractivity contribution < 1.29 is 0 Å². The van der Waals surface area contributed by atoms with Gasteiger partial charge in [0.25, 0.3) is 0 Å². The van der Waals surface area contributed by atoms with E-state index < -0.39 is 0 Å². The smallest absolute Gasteiger partial charge is 0.0570 e. The summed E-state index contributed by atoms with van der Waals surface area (Å²) in [5.74, 6) is 0. The molecule has 4 heteroatoms. The Hall–Kier alpha value is -0.100. The minimum atomic E-state index is -0.0875. The van der Waals surface area contributed by atoms with Gasteiger partial charge in [0, 0.05) is 13.5 Å². The zero-order valence-electron chi connectivity index (χ0n) is 8.71. The van der Waals surface area contributed by atoms with Gasteiger partial charge >= 0.3 is 0 Å². The van der Waals surface area contributed by atoms with Crippen molar-refractivity contribution in [2.75, 3.05) is 0 Å². The predicted molar refractivity (Wildman–Crippen MR) is 79.3 cm³/mol. The molecule has 0 aliphatic rings. The van der Waals surface area contributed by atoms with Crippen molar-refractivity contribution >= 4 is 45.5 Å². The highest BCUT2D eigenvalue weighted by atomic mass is 127. The van der Waals surface area contributed by atoms with Crippen LogP contribution in [0, 0.1) is 10.5 Å². The Morgan fingerprint density at radius 2 is 2.12 bits per heavy atom. The first-order valence-corrected chi connectivity index (χ1v) is 7.17. The van der Waals surface area contributed by atoms with E-state index >= 15 is 0 Å². The number of halogens is 2. The van der Waals surface area contributed by atoms with E-state index in [4.69, 9.17) is 17.3 Å². The molecule has 16 heavy (non-hydrogen) atoms. The molecule has 0 saturated carbocycles. The van der Waals surface area contributed by atoms with Crippen molar-refractivity contribution in [1.82, 2.24) is 0 Å². The average Bonchev–Trinajstić information content (AvgIpc) is 2.67. The molecule has 0 fully saturated rings. The summed E-state index contributed by atoms with van der Waals surface area (Å²) < 4.78 is 1.15. The molecule has 0 spiro atoms. The molecule has 0 amide bonds. The maximum absolute atomic E-state index is 6.24. The fourth-order valence-electron chi connectivity index (χ4n) is 1.56. The van der Waals surface area contributed by atoms with E-state index in [1.165, 1.54) is 4.88 Å². The molecular formula is C12H11ClINS. The number of nitrogens with two attached hydrogens (primary N) is 1. The van der Waals surface area contributed by atoms with Crippen LogP contribution in [0.1, 0.15) is 22.0 Å². The Kier molecular flexibility index (Phi) is 3.89. The first-order chi connectivity index (χ1) is 7.58. The van der Waals surface area contributed by atoms with Gasteiger partial charge in [-0.3, -0.25) is 0 Å². The molecule has 1 unspecified atom stereocenters. The summed E-state index contributed by atoms with van der Waals surface area (Å²) in [6, 6.07) is 7.87. The van der Waals surface area contributed by atoms with Gasteiger partial charge in [-0.15, -0.1) is 11.3 Å². The largest absolute Gasteiger partial charge is 0.320 e. The molecule has 84 valence electrons. The highest BCUT2D eigenvalue weighted by Crippen LogP contribution is 2.29. The minimum absolute atomic E-state index is 0.0875. The van der Waals surface area contributed by atoms with Gasteiger partial charge < -0.3 is 5.73 Å². The number of hydrogen-bond acceptors (Lipinski definition) is 2. The van der Waals surface area contributed by atoms with Crippen LogP contribution in [0.3, 0.4) is 0 Å². The van der Waals surface area contributed by atoms with E-state index in [-0.39, 0.29) is 6.04 Å². The normalized spacial score (nSPS) is 12.8. The third kappa shape index (κ3) is 2.59. The van der Waals surface area contributed by atoms with Crippen LogP contribution in [0.5, 0.6) is 0 Å². The van der Waals surface area contributed by atoms with Gasteiger partial charge in [-0.05, 0) is 70.3 Å². The van der Waals surface area contributed by atoms with Crippen molar-refractivity contribution in [3.63, 3.8) is 0 Å². The lowest BCUT2D eigenvalue weighted by molar-refractivity contribution is 0.870. The maximum atomic E-state index is 6.24. The van der Waals surface area contributed by atoms with Crippen LogP contribution in [0.4, 0.5) is 0 Å². The molecule has 2 N–H and O–H groups in total. The standard InChI is InChI=1S/C12H11ClINS/c1-7-4-8(6-16-7)12(15)10-5-9(13)2-3-11(10)14/h2-6,12H,15H2,1H3. The van der Waals surface area contributed by atoms with Crippen molar-refractivity contribution in [1.29, 1.82) is 0 Å². The van der Waals surface area contributed by atoms with E-state index in [1.54, 1.807) is 11.3 Å². The quantitative estimate of drug-likeness (QED) is 0.788. The molecule has 0 bridgehead atoms. The molecule has 1 nitrogen and oxygen atoms in total. The fraction of sp³-hybridized carbons (Fsp3) is 0.167. The lowest BCUT2D eigenvalue weighted by atomic mass is 10.0. The highest BCUT2D eigenvalue weighted by molar-refractivity contribution is 14.1. The zero-order valence-corrected chi connectivity index (χ0v) is 12.4. The van der Waals surface area contributed by atoms with Crippen LogP contribution >= 0.6 is 45.5 Å². The second kappa shape index (κ2) is 5.04. The number of hydrogen-bond donors (Lipinski definition) is 1. The van der Waals surface area contributed by atoms with Gasteiger partial charge in [0.1, 0.15) is 0 Å². The monoisotopic (exact) mass is 363 g/mol. The summed E-state index contributed by atoms with van der Waals surface area (Å²) in [6.45, 7) is 2.09. The van der Waals surface area contributed by atoms with Gasteiger partial charge in [-0.2, -0.15) is 0 Å². The maximum Gasteiger partial charge on any atom is 0.0570 e. The first-order valence-electron chi connectivity index (χ1n) is 4.83. The number of rotatable bonds is 2. The van der Waals surface area contributed by atoms with Crippen LogP contribution in [0.2, 0.25) is 5.02 Å². The van der Waals surface area contributed by atoms with Crippen molar-refractivity contribution in [3.8, 4) is 0 Å². The summed E-state index contributed by atoms with van der Waals surface area (Å²) in [5.41, 5.74) is 8.49. The molecule has 0 aliphatic heterocycles. The Morgan fingerprint density at radius 3 is 2.75 bits per heavy atom. The molecular weight excluding hydrogens is 353 g/mol. The van der Waals surface area contributed by atoms with Crippen molar-refractivity contribution in [3.05, 3.63) is 54.2 Å². The SMILES string of the molecule is Cc1cc(C(N)c2cc(Cl)ccc2I)cs1. The van der Waals surface area contributed by atoms with E-state index in [9.17, 15) is 0 Å². The van der Waals surface area contributed by atoms with Gasteiger partial charge in [-0.1, -0.05) is 11.6 Å². The molecule has 2 aromatic rings. The fourth-order valence-corrected chi connectivity index (χ4v) is 3.15. The average molecular weight is 364 g/mol. The Bertz CT molecular complexity index is 509. The van der Waals surface area contributed by atoms with Crippen LogP contribution in [-0.2, 0) is 0 Å². The molecule has 1 aromatic heterocycles. The third-order valence-corrected chi connectivity index (χ3v) is 4.50. The molecule has 1 heterocycles. The minimum Gasteiger partial charge on any atom is -0.320 e. The summed E-state index contributed by atoms with van der Waals surface area (Å²) >= 11 is 10.0. The lowest BCUT2D eigenvalue weighted by Gasteiger charge is -2.13. The number of benzene rings is 1. The molecule has 1 atom stereocenters. The number of aryl methyl sites for hydroxylation is 1. The van der Waals surface area contributed by atoms with Crippen LogP contribution in [-0.4, -0.2) is 0 Å². The predicted octanol–water partition coefficient (Wildman–Crippen LogP) is 4.36. The van der Waals surface area contributed by atoms with Crippen molar-refractivity contribution in [2.45, 2.75) is 13.0 Å². The molecule has 0 saturated heterocycles.